The Balaban J connectivity index is 2.06. The number of amides is 1. The summed E-state index contributed by atoms with van der Waals surface area (Å²) in [6.45, 7) is 1.90. The van der Waals surface area contributed by atoms with E-state index in [1.165, 1.54) is 10.2 Å². The number of carbonyl (C=O) groups excluding carboxylic acids is 1. The number of hydrogen-bond donors (Lipinski definition) is 1. The lowest BCUT2D eigenvalue weighted by molar-refractivity contribution is -0.120. The summed E-state index contributed by atoms with van der Waals surface area (Å²) in [6, 6.07) is 10.0. The molecule has 0 saturated heterocycles. The molecule has 1 aromatic heterocycles. The van der Waals surface area contributed by atoms with Gasteiger partial charge in [0, 0.05) is 12.6 Å². The zero-order valence-corrected chi connectivity index (χ0v) is 12.9. The zero-order valence-electron chi connectivity index (χ0n) is 12.1. The fraction of sp³-hybridized carbons (Fsp3) is 0.188. The van der Waals surface area contributed by atoms with Gasteiger partial charge in [-0.2, -0.15) is 0 Å². The van der Waals surface area contributed by atoms with Gasteiger partial charge in [0.2, 0.25) is 5.91 Å². The number of aryl methyl sites for hydroxylation is 1. The number of aromatic nitrogens is 1. The van der Waals surface area contributed by atoms with Crippen LogP contribution in [-0.4, -0.2) is 18.3 Å². The topological polar surface area (TPSA) is 68.2 Å². The van der Waals surface area contributed by atoms with Gasteiger partial charge in [0.05, 0.1) is 16.3 Å². The third-order valence-corrected chi connectivity index (χ3v) is 5.26. The molecule has 0 spiro atoms. The molecule has 0 saturated carbocycles. The molecule has 1 amide bonds. The van der Waals surface area contributed by atoms with Gasteiger partial charge in [-0.15, -0.1) is 0 Å². The van der Waals surface area contributed by atoms with Crippen molar-refractivity contribution in [1.29, 1.82) is 0 Å². The van der Waals surface area contributed by atoms with Crippen LogP contribution in [0.25, 0.3) is 5.70 Å². The van der Waals surface area contributed by atoms with Crippen LogP contribution in [0.15, 0.2) is 53.6 Å². The van der Waals surface area contributed by atoms with Crippen LogP contribution in [0.4, 0.5) is 0 Å². The van der Waals surface area contributed by atoms with Crippen molar-refractivity contribution in [2.24, 2.45) is 0 Å². The highest BCUT2D eigenvalue weighted by Gasteiger charge is 2.22. The van der Waals surface area contributed by atoms with Gasteiger partial charge >= 0.3 is 0 Å². The molecule has 0 aliphatic carbocycles. The Morgan fingerprint density at radius 1 is 1.14 bits per heavy atom. The van der Waals surface area contributed by atoms with Crippen molar-refractivity contribution < 1.29 is 13.2 Å². The number of carbonyl (C=O) groups is 1. The van der Waals surface area contributed by atoms with Gasteiger partial charge < -0.3 is 5.32 Å². The average molecular weight is 316 g/mol. The van der Waals surface area contributed by atoms with Gasteiger partial charge in [-0.3, -0.25) is 4.79 Å². The summed E-state index contributed by atoms with van der Waals surface area (Å²) in [5, 5.41) is 2.73. The van der Waals surface area contributed by atoms with E-state index in [0.29, 0.717) is 24.2 Å². The molecule has 0 bridgehead atoms. The largest absolute Gasteiger partial charge is 0.325 e. The Morgan fingerprint density at radius 3 is 2.55 bits per heavy atom. The van der Waals surface area contributed by atoms with Gasteiger partial charge in [0.15, 0.2) is 0 Å². The Morgan fingerprint density at radius 2 is 1.86 bits per heavy atom. The quantitative estimate of drug-likeness (QED) is 0.944. The SMILES string of the molecule is Cc1ccc(S(=O)(=O)n2cccc2C2=CCCC(=O)N2)cc1. The van der Waals surface area contributed by atoms with Crippen LogP contribution in [0.1, 0.15) is 24.1 Å². The van der Waals surface area contributed by atoms with Gasteiger partial charge in [0.1, 0.15) is 0 Å². The second-order valence-corrected chi connectivity index (χ2v) is 7.03. The fourth-order valence-corrected chi connectivity index (χ4v) is 3.74. The highest BCUT2D eigenvalue weighted by molar-refractivity contribution is 7.90. The molecule has 2 aromatic rings. The lowest BCUT2D eigenvalue weighted by Crippen LogP contribution is -2.27. The van der Waals surface area contributed by atoms with Crippen LogP contribution in [0.5, 0.6) is 0 Å². The molecule has 1 aromatic carbocycles. The van der Waals surface area contributed by atoms with Crippen molar-refractivity contribution in [2.45, 2.75) is 24.7 Å². The van der Waals surface area contributed by atoms with Gasteiger partial charge in [-0.1, -0.05) is 23.8 Å². The van der Waals surface area contributed by atoms with E-state index in [2.05, 4.69) is 5.32 Å². The summed E-state index contributed by atoms with van der Waals surface area (Å²) < 4.78 is 26.8. The molecular weight excluding hydrogens is 300 g/mol. The third-order valence-electron chi connectivity index (χ3n) is 3.56. The highest BCUT2D eigenvalue weighted by atomic mass is 32.2. The summed E-state index contributed by atoms with van der Waals surface area (Å²) in [7, 11) is -3.69. The predicted octanol–water partition coefficient (Wildman–Crippen LogP) is 2.28. The van der Waals surface area contributed by atoms with Gasteiger partial charge in [-0.25, -0.2) is 12.4 Å². The minimum absolute atomic E-state index is 0.0991. The fourth-order valence-electron chi connectivity index (χ4n) is 2.39. The first kappa shape index (κ1) is 14.6. The number of hydrogen-bond acceptors (Lipinski definition) is 3. The molecule has 1 aliphatic rings. The van der Waals surface area contributed by atoms with Crippen molar-refractivity contribution in [3.05, 3.63) is 59.9 Å². The van der Waals surface area contributed by atoms with E-state index in [9.17, 15) is 13.2 Å². The second-order valence-electron chi connectivity index (χ2n) is 5.21. The number of nitrogens with zero attached hydrogens (tertiary/aromatic N) is 1. The minimum atomic E-state index is -3.69. The molecule has 5 nitrogen and oxygen atoms in total. The number of benzene rings is 1. The summed E-state index contributed by atoms with van der Waals surface area (Å²) >= 11 is 0. The Hall–Kier alpha value is -2.34. The van der Waals surface area contributed by atoms with E-state index in [1.54, 1.807) is 36.4 Å². The van der Waals surface area contributed by atoms with E-state index in [0.717, 1.165) is 5.56 Å². The normalized spacial score (nSPS) is 15.3. The van der Waals surface area contributed by atoms with Crippen LogP contribution in [-0.2, 0) is 14.8 Å². The Kier molecular flexibility index (Phi) is 3.62. The Labute approximate surface area is 129 Å². The molecule has 1 N–H and O–H groups in total. The minimum Gasteiger partial charge on any atom is -0.325 e. The zero-order chi connectivity index (χ0) is 15.7. The van der Waals surface area contributed by atoms with Crippen LogP contribution >= 0.6 is 0 Å². The van der Waals surface area contributed by atoms with Crippen molar-refractivity contribution >= 4 is 21.6 Å². The standard InChI is InChI=1S/C16H16N2O3S/c1-12-7-9-13(10-8-12)22(20,21)18-11-3-5-15(18)14-4-2-6-16(19)17-14/h3-5,7-11H,2,6H2,1H3,(H,17,19). The molecule has 3 rings (SSSR count). The monoisotopic (exact) mass is 316 g/mol. The molecule has 0 unspecified atom stereocenters. The van der Waals surface area contributed by atoms with Crippen molar-refractivity contribution in [3.63, 3.8) is 0 Å². The van der Waals surface area contributed by atoms with Gasteiger partial charge in [0.25, 0.3) is 10.0 Å². The summed E-state index contributed by atoms with van der Waals surface area (Å²) in [4.78, 5) is 11.7. The molecule has 22 heavy (non-hydrogen) atoms. The number of rotatable bonds is 3. The van der Waals surface area contributed by atoms with Crippen LogP contribution in [0, 0.1) is 6.92 Å². The Bertz CT molecular complexity index is 846. The van der Waals surface area contributed by atoms with Crippen LogP contribution < -0.4 is 5.32 Å². The van der Waals surface area contributed by atoms with Crippen molar-refractivity contribution in [2.75, 3.05) is 0 Å². The lowest BCUT2D eigenvalue weighted by Gasteiger charge is -2.17. The number of nitrogens with one attached hydrogen (secondary N) is 1. The molecule has 2 heterocycles. The highest BCUT2D eigenvalue weighted by Crippen LogP contribution is 2.23. The third kappa shape index (κ3) is 2.57. The smallest absolute Gasteiger partial charge is 0.268 e. The summed E-state index contributed by atoms with van der Waals surface area (Å²) in [5.41, 5.74) is 2.00. The first-order valence-electron chi connectivity index (χ1n) is 6.98. The molecule has 0 fully saturated rings. The molecule has 0 radical (unpaired) electrons. The van der Waals surface area contributed by atoms with E-state index >= 15 is 0 Å². The average Bonchev–Trinajstić information content (AvgIpc) is 2.98. The van der Waals surface area contributed by atoms with Gasteiger partial charge in [-0.05, 0) is 37.6 Å². The maximum atomic E-state index is 12.8. The molecule has 0 atom stereocenters. The molecule has 114 valence electrons. The van der Waals surface area contributed by atoms with Crippen molar-refractivity contribution in [1.82, 2.24) is 9.29 Å². The summed E-state index contributed by atoms with van der Waals surface area (Å²) in [6.07, 6.45) is 4.37. The first-order valence-corrected chi connectivity index (χ1v) is 8.42. The molecule has 1 aliphatic heterocycles. The lowest BCUT2D eigenvalue weighted by atomic mass is 10.1. The molecular formula is C16H16N2O3S. The van der Waals surface area contributed by atoms with Crippen molar-refractivity contribution in [3.8, 4) is 0 Å². The molecule has 6 heteroatoms. The summed E-state index contributed by atoms with van der Waals surface area (Å²) in [5.74, 6) is -0.0991. The maximum Gasteiger partial charge on any atom is 0.268 e. The van der Waals surface area contributed by atoms with Crippen LogP contribution in [0.3, 0.4) is 0 Å². The van der Waals surface area contributed by atoms with Crippen LogP contribution in [0.2, 0.25) is 0 Å². The van der Waals surface area contributed by atoms with E-state index in [1.807, 2.05) is 13.0 Å². The van der Waals surface area contributed by atoms with E-state index in [4.69, 9.17) is 0 Å². The van der Waals surface area contributed by atoms with E-state index < -0.39 is 10.0 Å². The maximum absolute atomic E-state index is 12.8. The predicted molar refractivity (Wildman–Crippen MR) is 83.5 cm³/mol. The first-order chi connectivity index (χ1) is 10.5. The number of allylic oxidation sites excluding steroid dienone is 1. The van der Waals surface area contributed by atoms with E-state index in [-0.39, 0.29) is 10.8 Å². The second kappa shape index (κ2) is 5.46.